The van der Waals surface area contributed by atoms with Crippen LogP contribution in [-0.2, 0) is 4.74 Å². The maximum Gasteiger partial charge on any atom is 0.408 e. The number of ketones is 1. The third-order valence-electron chi connectivity index (χ3n) is 3.65. The second-order valence-electron chi connectivity index (χ2n) is 7.08. The van der Waals surface area contributed by atoms with Crippen molar-refractivity contribution in [2.24, 2.45) is 0 Å². The van der Waals surface area contributed by atoms with Gasteiger partial charge < -0.3 is 10.1 Å². The van der Waals surface area contributed by atoms with Gasteiger partial charge in [0.2, 0.25) is 0 Å². The number of carbonyl (C=O) groups is 2. The van der Waals surface area contributed by atoms with Crippen molar-refractivity contribution < 1.29 is 14.3 Å². The van der Waals surface area contributed by atoms with Crippen LogP contribution in [0.2, 0.25) is 10.0 Å². The van der Waals surface area contributed by atoms with Gasteiger partial charge in [0.05, 0.1) is 10.0 Å². The minimum Gasteiger partial charge on any atom is -0.444 e. The Morgan fingerprint density at radius 3 is 2.30 bits per heavy atom. The van der Waals surface area contributed by atoms with E-state index in [1.807, 2.05) is 13.0 Å². The number of Topliss-reactive ketones (excluding diaryl/α,β-unsaturated/α-hetero) is 1. The van der Waals surface area contributed by atoms with Gasteiger partial charge in [0, 0.05) is 10.0 Å². The van der Waals surface area contributed by atoms with Crippen LogP contribution < -0.4 is 5.32 Å². The average molecular weight is 473 g/mol. The molecule has 144 valence electrons. The van der Waals surface area contributed by atoms with Gasteiger partial charge >= 0.3 is 6.09 Å². The molecule has 0 radical (unpaired) electrons. The van der Waals surface area contributed by atoms with Crippen molar-refractivity contribution in [1.29, 1.82) is 0 Å². The van der Waals surface area contributed by atoms with E-state index >= 15 is 0 Å². The number of rotatable bonds is 4. The average Bonchev–Trinajstić information content (AvgIpc) is 2.53. The van der Waals surface area contributed by atoms with Gasteiger partial charge in [-0.05, 0) is 69.2 Å². The molecule has 0 aliphatic rings. The van der Waals surface area contributed by atoms with Gasteiger partial charge in [-0.15, -0.1) is 0 Å². The van der Waals surface area contributed by atoms with Crippen LogP contribution in [0.4, 0.5) is 4.79 Å². The van der Waals surface area contributed by atoms with Gasteiger partial charge in [-0.25, -0.2) is 4.79 Å². The van der Waals surface area contributed by atoms with E-state index in [1.165, 1.54) is 0 Å². The van der Waals surface area contributed by atoms with Gasteiger partial charge in [0.25, 0.3) is 0 Å². The smallest absolute Gasteiger partial charge is 0.408 e. The number of hydrogen-bond donors (Lipinski definition) is 1. The molecule has 4 nitrogen and oxygen atoms in total. The first kappa shape index (κ1) is 21.7. The zero-order chi connectivity index (χ0) is 20.4. The first-order chi connectivity index (χ1) is 12.5. The van der Waals surface area contributed by atoms with Crippen LogP contribution in [0.3, 0.4) is 0 Å². The highest BCUT2D eigenvalue weighted by atomic mass is 79.9. The quantitative estimate of drug-likeness (QED) is 0.515. The second-order valence-corrected chi connectivity index (χ2v) is 8.81. The lowest BCUT2D eigenvalue weighted by Gasteiger charge is -2.24. The Morgan fingerprint density at radius 1 is 1.07 bits per heavy atom. The number of hydrogen-bond acceptors (Lipinski definition) is 3. The van der Waals surface area contributed by atoms with Crippen LogP contribution in [0.25, 0.3) is 0 Å². The Hall–Kier alpha value is -1.56. The molecule has 27 heavy (non-hydrogen) atoms. The Kier molecular flexibility index (Phi) is 6.95. The van der Waals surface area contributed by atoms with Gasteiger partial charge in [-0.3, -0.25) is 4.79 Å². The number of aryl methyl sites for hydroxylation is 1. The van der Waals surface area contributed by atoms with E-state index in [4.69, 9.17) is 27.9 Å². The van der Waals surface area contributed by atoms with E-state index in [0.717, 1.165) is 10.0 Å². The Bertz CT molecular complexity index is 878. The molecule has 7 heteroatoms. The monoisotopic (exact) mass is 471 g/mol. The van der Waals surface area contributed by atoms with Crippen molar-refractivity contribution >= 4 is 51.0 Å². The number of ether oxygens (including phenoxy) is 1. The van der Waals surface area contributed by atoms with E-state index in [9.17, 15) is 9.59 Å². The van der Waals surface area contributed by atoms with Crippen LogP contribution >= 0.6 is 39.1 Å². The third-order valence-corrected chi connectivity index (χ3v) is 4.89. The summed E-state index contributed by atoms with van der Waals surface area (Å²) in [7, 11) is 0. The summed E-state index contributed by atoms with van der Waals surface area (Å²) in [5.74, 6) is -0.274. The summed E-state index contributed by atoms with van der Waals surface area (Å²) in [6, 6.07) is 9.18. The number of halogens is 3. The summed E-state index contributed by atoms with van der Waals surface area (Å²) in [6.45, 7) is 7.09. The maximum absolute atomic E-state index is 13.2. The molecule has 1 unspecified atom stereocenters. The first-order valence-corrected chi connectivity index (χ1v) is 9.77. The molecule has 1 amide bonds. The molecular formula is C20H20BrCl2NO3. The molecular weight excluding hydrogens is 453 g/mol. The Labute approximate surface area is 177 Å². The van der Waals surface area contributed by atoms with E-state index in [-0.39, 0.29) is 5.78 Å². The van der Waals surface area contributed by atoms with E-state index in [0.29, 0.717) is 21.2 Å². The number of nitrogens with one attached hydrogen (secondary N) is 1. The fourth-order valence-corrected chi connectivity index (χ4v) is 3.26. The topological polar surface area (TPSA) is 55.4 Å². The number of amides is 1. The summed E-state index contributed by atoms with van der Waals surface area (Å²) >= 11 is 15.5. The molecule has 0 heterocycles. The number of alkyl carbamates (subject to hydrolysis) is 1. The molecule has 1 atom stereocenters. The third kappa shape index (κ3) is 5.96. The molecule has 0 aliphatic heterocycles. The zero-order valence-corrected chi connectivity index (χ0v) is 18.5. The molecule has 0 aliphatic carbocycles. The van der Waals surface area contributed by atoms with Crippen LogP contribution in [-0.4, -0.2) is 17.5 Å². The van der Waals surface area contributed by atoms with E-state index < -0.39 is 17.7 Å². The van der Waals surface area contributed by atoms with E-state index in [1.54, 1.807) is 51.1 Å². The van der Waals surface area contributed by atoms with Gasteiger partial charge in [0.1, 0.15) is 11.6 Å². The van der Waals surface area contributed by atoms with Crippen LogP contribution in [0, 0.1) is 6.92 Å². The molecule has 0 fully saturated rings. The number of carbonyl (C=O) groups excluding carboxylic acids is 2. The van der Waals surface area contributed by atoms with Crippen LogP contribution in [0.5, 0.6) is 0 Å². The lowest BCUT2D eigenvalue weighted by Crippen LogP contribution is -2.38. The predicted molar refractivity (Wildman–Crippen MR) is 112 cm³/mol. The Balaban J connectivity index is 2.43. The van der Waals surface area contributed by atoms with E-state index in [2.05, 4.69) is 21.2 Å². The standard InChI is InChI=1S/C20H20BrCl2NO3/c1-11-9-13(21)6-7-14(11)18(25)17(24-19(26)27-20(2,3)4)12-5-8-15(22)16(23)10-12/h5-10,17H,1-4H3,(H,24,26). The maximum atomic E-state index is 13.2. The van der Waals surface area contributed by atoms with Crippen molar-refractivity contribution in [2.75, 3.05) is 0 Å². The lowest BCUT2D eigenvalue weighted by molar-refractivity contribution is 0.0490. The minimum absolute atomic E-state index is 0.274. The first-order valence-electron chi connectivity index (χ1n) is 8.23. The highest BCUT2D eigenvalue weighted by Gasteiger charge is 2.28. The summed E-state index contributed by atoms with van der Waals surface area (Å²) < 4.78 is 6.17. The molecule has 2 aromatic rings. The highest BCUT2D eigenvalue weighted by Crippen LogP contribution is 2.29. The lowest BCUT2D eigenvalue weighted by atomic mass is 9.95. The van der Waals surface area contributed by atoms with Crippen molar-refractivity contribution in [2.45, 2.75) is 39.3 Å². The fraction of sp³-hybridized carbons (Fsp3) is 0.300. The molecule has 1 N–H and O–H groups in total. The van der Waals surface area contributed by atoms with Gasteiger partial charge in [-0.1, -0.05) is 45.2 Å². The molecule has 0 saturated heterocycles. The summed E-state index contributed by atoms with van der Waals surface area (Å²) in [5, 5.41) is 3.31. The van der Waals surface area contributed by atoms with Crippen molar-refractivity contribution in [3.63, 3.8) is 0 Å². The molecule has 0 spiro atoms. The normalized spacial score (nSPS) is 12.4. The van der Waals surface area contributed by atoms with Gasteiger partial charge in [0.15, 0.2) is 5.78 Å². The van der Waals surface area contributed by atoms with Crippen molar-refractivity contribution in [1.82, 2.24) is 5.32 Å². The zero-order valence-electron chi connectivity index (χ0n) is 15.4. The van der Waals surface area contributed by atoms with Crippen LogP contribution in [0.1, 0.15) is 48.3 Å². The second kappa shape index (κ2) is 8.63. The number of benzene rings is 2. The predicted octanol–water partition coefficient (Wildman–Crippen LogP) is 6.51. The minimum atomic E-state index is -0.963. The molecule has 0 bridgehead atoms. The Morgan fingerprint density at radius 2 is 1.74 bits per heavy atom. The molecule has 2 rings (SSSR count). The van der Waals surface area contributed by atoms with Crippen molar-refractivity contribution in [3.05, 3.63) is 67.6 Å². The molecule has 0 aromatic heterocycles. The largest absolute Gasteiger partial charge is 0.444 e. The molecule has 0 saturated carbocycles. The van der Waals surface area contributed by atoms with Crippen molar-refractivity contribution in [3.8, 4) is 0 Å². The SMILES string of the molecule is Cc1cc(Br)ccc1C(=O)C(NC(=O)OC(C)(C)C)c1ccc(Cl)c(Cl)c1. The van der Waals surface area contributed by atoms with Crippen LogP contribution in [0.15, 0.2) is 40.9 Å². The van der Waals surface area contributed by atoms with Gasteiger partial charge in [-0.2, -0.15) is 0 Å². The summed E-state index contributed by atoms with van der Waals surface area (Å²) in [4.78, 5) is 25.5. The summed E-state index contributed by atoms with van der Waals surface area (Å²) in [6.07, 6.45) is -0.693. The highest BCUT2D eigenvalue weighted by molar-refractivity contribution is 9.10. The fourth-order valence-electron chi connectivity index (χ4n) is 2.48. The molecule has 2 aromatic carbocycles. The summed E-state index contributed by atoms with van der Waals surface area (Å²) in [5.41, 5.74) is 1.10.